The number of anilines is 1. The van der Waals surface area contributed by atoms with Crippen LogP contribution in [0.1, 0.15) is 31.7 Å². The van der Waals surface area contributed by atoms with Gasteiger partial charge < -0.3 is 10.5 Å². The van der Waals surface area contributed by atoms with Crippen molar-refractivity contribution in [1.82, 2.24) is 0 Å². The van der Waals surface area contributed by atoms with Gasteiger partial charge in [0, 0.05) is 13.0 Å². The number of hydrazone groups is 1. The minimum Gasteiger partial charge on any atom is -0.489 e. The summed E-state index contributed by atoms with van der Waals surface area (Å²) in [5.41, 5.74) is 7.20. The zero-order chi connectivity index (χ0) is 19.7. The highest BCUT2D eigenvalue weighted by atomic mass is 19.1. The molecule has 2 aliphatic heterocycles. The minimum atomic E-state index is -0.619. The van der Waals surface area contributed by atoms with E-state index in [0.717, 1.165) is 24.8 Å². The Hall–Kier alpha value is -2.73. The molecule has 5 nitrogen and oxygen atoms in total. The molecule has 0 fully saturated rings. The summed E-state index contributed by atoms with van der Waals surface area (Å²) in [6, 6.07) is 14.1. The molecule has 4 rings (SSSR count). The van der Waals surface area contributed by atoms with E-state index in [0.29, 0.717) is 30.3 Å². The van der Waals surface area contributed by atoms with E-state index in [2.05, 4.69) is 0 Å². The second kappa shape index (κ2) is 7.36. The average molecular weight is 381 g/mol. The lowest BCUT2D eigenvalue weighted by molar-refractivity contribution is -0.111. The summed E-state index contributed by atoms with van der Waals surface area (Å²) in [5, 5.41) is 6.51. The molecule has 2 aromatic rings. The third-order valence-electron chi connectivity index (χ3n) is 5.71. The second-order valence-corrected chi connectivity index (χ2v) is 7.37. The van der Waals surface area contributed by atoms with Crippen molar-refractivity contribution in [3.63, 3.8) is 0 Å². The second-order valence-electron chi connectivity index (χ2n) is 7.37. The molecule has 0 saturated heterocycles. The van der Waals surface area contributed by atoms with Gasteiger partial charge in [0.05, 0.1) is 5.41 Å². The maximum atomic E-state index is 14.0. The summed E-state index contributed by atoms with van der Waals surface area (Å²) in [6.07, 6.45) is 2.44. The summed E-state index contributed by atoms with van der Waals surface area (Å²) < 4.78 is 19.9. The highest BCUT2D eigenvalue weighted by Gasteiger charge is 2.55. The number of carbonyl (C=O) groups is 1. The van der Waals surface area contributed by atoms with Crippen LogP contribution < -0.4 is 15.5 Å². The van der Waals surface area contributed by atoms with Crippen molar-refractivity contribution in [2.75, 3.05) is 18.2 Å². The van der Waals surface area contributed by atoms with Gasteiger partial charge in [-0.05, 0) is 37.1 Å². The van der Waals surface area contributed by atoms with Crippen molar-refractivity contribution in [2.45, 2.75) is 37.6 Å². The molecule has 1 unspecified atom stereocenters. The van der Waals surface area contributed by atoms with Crippen LogP contribution in [0.15, 0.2) is 53.6 Å². The Kier molecular flexibility index (Phi) is 4.89. The quantitative estimate of drug-likeness (QED) is 0.779. The van der Waals surface area contributed by atoms with Crippen molar-refractivity contribution in [3.8, 4) is 5.75 Å². The number of hydrogen-bond donors (Lipinski definition) is 1. The van der Waals surface area contributed by atoms with E-state index in [9.17, 15) is 9.18 Å². The van der Waals surface area contributed by atoms with Crippen molar-refractivity contribution >= 4 is 17.2 Å². The van der Waals surface area contributed by atoms with Crippen molar-refractivity contribution < 1.29 is 13.9 Å². The molecule has 2 aliphatic rings. The fraction of sp³-hybridized carbons (Fsp3) is 0.364. The first-order valence-electron chi connectivity index (χ1n) is 9.65. The summed E-state index contributed by atoms with van der Waals surface area (Å²) in [6.45, 7) is 2.51. The molecule has 2 N–H and O–H groups in total. The Balaban J connectivity index is 1.87. The number of hydrogen-bond acceptors (Lipinski definition) is 5. The number of unbranched alkanes of at least 4 members (excludes halogenated alkanes) is 1. The monoisotopic (exact) mass is 381 g/mol. The van der Waals surface area contributed by atoms with Crippen LogP contribution in [0.5, 0.6) is 5.75 Å². The number of Topliss-reactive ketones (excluding diaryl/α,β-unsaturated/α-hetero) is 1. The smallest absolute Gasteiger partial charge is 0.176 e. The molecule has 0 aromatic heterocycles. The minimum absolute atomic E-state index is 0.0797. The fourth-order valence-electron chi connectivity index (χ4n) is 4.45. The summed E-state index contributed by atoms with van der Waals surface area (Å²) in [7, 11) is 0. The SMILES string of the molecule is CC(=O)C1=NN2c3cc(F)ccc3OCC2[C@@]1(CCCCN)c1ccccc1. The Morgan fingerprint density at radius 3 is 2.79 bits per heavy atom. The van der Waals surface area contributed by atoms with Crippen molar-refractivity contribution in [1.29, 1.82) is 0 Å². The molecule has 0 radical (unpaired) electrons. The number of rotatable bonds is 6. The van der Waals surface area contributed by atoms with Gasteiger partial charge in [0.2, 0.25) is 0 Å². The van der Waals surface area contributed by atoms with Gasteiger partial charge in [-0.3, -0.25) is 9.80 Å². The summed E-state index contributed by atoms with van der Waals surface area (Å²) in [4.78, 5) is 12.7. The number of halogens is 1. The van der Waals surface area contributed by atoms with E-state index >= 15 is 0 Å². The van der Waals surface area contributed by atoms with Gasteiger partial charge in [-0.1, -0.05) is 36.8 Å². The highest BCUT2D eigenvalue weighted by molar-refractivity contribution is 6.43. The van der Waals surface area contributed by atoms with E-state index in [1.54, 1.807) is 18.0 Å². The average Bonchev–Trinajstić information content (AvgIpc) is 3.05. The molecule has 0 amide bonds. The van der Waals surface area contributed by atoms with Crippen molar-refractivity contribution in [2.24, 2.45) is 10.8 Å². The standard InChI is InChI=1S/C22H24FN3O2/c1-15(27)21-22(11-5-6-12-24,16-7-3-2-4-8-16)20-14-28-19-10-9-17(23)13-18(19)26(20)25-21/h2-4,7-10,13,20H,5-6,11-12,14,24H2,1H3/t20?,22-/m1/s1. The fourth-order valence-corrected chi connectivity index (χ4v) is 4.45. The lowest BCUT2D eigenvalue weighted by Crippen LogP contribution is -2.53. The Morgan fingerprint density at radius 2 is 2.07 bits per heavy atom. The molecule has 0 saturated carbocycles. The normalized spacial score (nSPS) is 22.9. The largest absolute Gasteiger partial charge is 0.489 e. The Morgan fingerprint density at radius 1 is 1.29 bits per heavy atom. The van der Waals surface area contributed by atoms with Gasteiger partial charge in [0.15, 0.2) is 5.78 Å². The maximum absolute atomic E-state index is 14.0. The molecular formula is C22H24FN3O2. The van der Waals surface area contributed by atoms with Gasteiger partial charge in [0.1, 0.15) is 35.6 Å². The molecule has 28 heavy (non-hydrogen) atoms. The van der Waals surface area contributed by atoms with Gasteiger partial charge in [-0.15, -0.1) is 0 Å². The van der Waals surface area contributed by atoms with Crippen LogP contribution in [0.3, 0.4) is 0 Å². The first-order valence-corrected chi connectivity index (χ1v) is 9.65. The van der Waals surface area contributed by atoms with Crippen LogP contribution in [-0.4, -0.2) is 30.7 Å². The predicted molar refractivity (Wildman–Crippen MR) is 107 cm³/mol. The number of carbonyl (C=O) groups excluding carboxylic acids is 1. The number of nitrogens with zero attached hydrogens (tertiary/aromatic N) is 2. The summed E-state index contributed by atoms with van der Waals surface area (Å²) >= 11 is 0. The van der Waals surface area contributed by atoms with Crippen LogP contribution in [-0.2, 0) is 10.2 Å². The van der Waals surface area contributed by atoms with E-state index in [-0.39, 0.29) is 17.6 Å². The highest BCUT2D eigenvalue weighted by Crippen LogP contribution is 2.48. The predicted octanol–water partition coefficient (Wildman–Crippen LogP) is 3.42. The van der Waals surface area contributed by atoms with Crippen LogP contribution in [0.25, 0.3) is 0 Å². The summed E-state index contributed by atoms with van der Waals surface area (Å²) in [5.74, 6) is 0.141. The first-order chi connectivity index (χ1) is 13.6. The van der Waals surface area contributed by atoms with Crippen molar-refractivity contribution in [3.05, 3.63) is 59.9 Å². The van der Waals surface area contributed by atoms with Crippen LogP contribution in [0, 0.1) is 5.82 Å². The Bertz CT molecular complexity index is 915. The van der Waals surface area contributed by atoms with E-state index in [1.165, 1.54) is 12.1 Å². The lowest BCUT2D eigenvalue weighted by Gasteiger charge is -2.41. The number of benzene rings is 2. The molecule has 2 heterocycles. The van der Waals surface area contributed by atoms with Gasteiger partial charge in [-0.2, -0.15) is 5.10 Å². The molecule has 0 aliphatic carbocycles. The number of ketones is 1. The molecule has 0 bridgehead atoms. The maximum Gasteiger partial charge on any atom is 0.176 e. The number of fused-ring (bicyclic) bond motifs is 3. The van der Waals surface area contributed by atoms with Crippen LogP contribution >= 0.6 is 0 Å². The Labute approximate surface area is 164 Å². The van der Waals surface area contributed by atoms with Gasteiger partial charge >= 0.3 is 0 Å². The van der Waals surface area contributed by atoms with Gasteiger partial charge in [-0.25, -0.2) is 4.39 Å². The number of nitrogens with two attached hydrogens (primary N) is 1. The molecular weight excluding hydrogens is 357 g/mol. The number of ether oxygens (including phenoxy) is 1. The third-order valence-corrected chi connectivity index (χ3v) is 5.71. The van der Waals surface area contributed by atoms with Crippen LogP contribution in [0.4, 0.5) is 10.1 Å². The molecule has 6 heteroatoms. The first kappa shape index (κ1) is 18.6. The lowest BCUT2D eigenvalue weighted by atomic mass is 9.67. The molecule has 146 valence electrons. The van der Waals surface area contributed by atoms with Crippen LogP contribution in [0.2, 0.25) is 0 Å². The molecule has 2 atom stereocenters. The molecule has 0 spiro atoms. The van der Waals surface area contributed by atoms with Gasteiger partial charge in [0.25, 0.3) is 0 Å². The third kappa shape index (κ3) is 2.88. The molecule has 2 aromatic carbocycles. The van der Waals surface area contributed by atoms with E-state index in [4.69, 9.17) is 15.6 Å². The van der Waals surface area contributed by atoms with E-state index in [1.807, 2.05) is 30.3 Å². The topological polar surface area (TPSA) is 67.9 Å². The zero-order valence-electron chi connectivity index (χ0n) is 15.9. The zero-order valence-corrected chi connectivity index (χ0v) is 15.9. The van der Waals surface area contributed by atoms with E-state index < -0.39 is 5.41 Å².